The van der Waals surface area contributed by atoms with Crippen LogP contribution in [0.1, 0.15) is 37.2 Å². The number of methoxy groups -OCH3 is 1. The normalized spacial score (nSPS) is 23.0. The number of non-ortho nitro benzene ring substituents is 1. The van der Waals surface area contributed by atoms with Gasteiger partial charge in [-0.3, -0.25) is 15.0 Å². The third-order valence-corrected chi connectivity index (χ3v) is 6.53. The standard InChI is InChI=1S/C23H29N3O3/c1-29-23-5-3-2-4-22(23)25-16-14-24(15-17-25)20-10-6-18(7-11-20)19-8-12-21(13-9-19)26(27)28/h2-5,8-9,12-13,18,20H,6-7,10-11,14-17H2,1H3. The molecule has 1 aliphatic carbocycles. The van der Waals surface area contributed by atoms with E-state index in [1.54, 1.807) is 19.2 Å². The van der Waals surface area contributed by atoms with Crippen LogP contribution < -0.4 is 9.64 Å². The quantitative estimate of drug-likeness (QED) is 0.553. The number of hydrogen-bond acceptors (Lipinski definition) is 5. The Labute approximate surface area is 172 Å². The Kier molecular flexibility index (Phi) is 6.00. The third kappa shape index (κ3) is 4.37. The smallest absolute Gasteiger partial charge is 0.269 e. The van der Waals surface area contributed by atoms with Gasteiger partial charge in [-0.05, 0) is 49.3 Å². The van der Waals surface area contributed by atoms with E-state index in [-0.39, 0.29) is 10.6 Å². The Hall–Kier alpha value is -2.60. The van der Waals surface area contributed by atoms with Crippen LogP contribution in [0.15, 0.2) is 48.5 Å². The molecule has 2 aromatic rings. The molecule has 154 valence electrons. The topological polar surface area (TPSA) is 58.8 Å². The maximum absolute atomic E-state index is 10.8. The second-order valence-electron chi connectivity index (χ2n) is 8.05. The van der Waals surface area contributed by atoms with E-state index in [0.29, 0.717) is 12.0 Å². The summed E-state index contributed by atoms with van der Waals surface area (Å²) < 4.78 is 5.52. The third-order valence-electron chi connectivity index (χ3n) is 6.53. The molecule has 6 nitrogen and oxygen atoms in total. The van der Waals surface area contributed by atoms with Crippen molar-refractivity contribution in [1.29, 1.82) is 0 Å². The molecule has 1 heterocycles. The first-order valence-corrected chi connectivity index (χ1v) is 10.5. The molecule has 2 fully saturated rings. The Bertz CT molecular complexity index is 824. The van der Waals surface area contributed by atoms with Gasteiger partial charge in [0.2, 0.25) is 0 Å². The Morgan fingerprint density at radius 2 is 1.59 bits per heavy atom. The molecule has 4 rings (SSSR count). The SMILES string of the molecule is COc1ccccc1N1CCN(C2CCC(c3ccc([N+](=O)[O-])cc3)CC2)CC1. The summed E-state index contributed by atoms with van der Waals surface area (Å²) in [6.45, 7) is 4.24. The van der Waals surface area contributed by atoms with E-state index < -0.39 is 0 Å². The Morgan fingerprint density at radius 3 is 2.21 bits per heavy atom. The number of ether oxygens (including phenoxy) is 1. The molecular weight excluding hydrogens is 366 g/mol. The highest BCUT2D eigenvalue weighted by Gasteiger charge is 2.29. The molecule has 0 amide bonds. The summed E-state index contributed by atoms with van der Waals surface area (Å²) in [5, 5.41) is 10.8. The number of nitrogens with zero attached hydrogens (tertiary/aromatic N) is 3. The minimum atomic E-state index is -0.328. The Balaban J connectivity index is 1.29. The van der Waals surface area contributed by atoms with Gasteiger partial charge in [0.1, 0.15) is 5.75 Å². The van der Waals surface area contributed by atoms with Gasteiger partial charge in [-0.1, -0.05) is 24.3 Å². The summed E-state index contributed by atoms with van der Waals surface area (Å²) in [6.07, 6.45) is 4.73. The van der Waals surface area contributed by atoms with Crippen molar-refractivity contribution in [2.45, 2.75) is 37.6 Å². The Morgan fingerprint density at radius 1 is 0.931 bits per heavy atom. The summed E-state index contributed by atoms with van der Waals surface area (Å²) >= 11 is 0. The average molecular weight is 396 g/mol. The van der Waals surface area contributed by atoms with E-state index in [9.17, 15) is 10.1 Å². The van der Waals surface area contributed by atoms with Crippen molar-refractivity contribution in [3.05, 3.63) is 64.2 Å². The molecule has 1 saturated heterocycles. The summed E-state index contributed by atoms with van der Waals surface area (Å²) in [7, 11) is 1.73. The number of nitro benzene ring substituents is 1. The molecule has 6 heteroatoms. The van der Waals surface area contributed by atoms with Crippen LogP contribution in [0.25, 0.3) is 0 Å². The van der Waals surface area contributed by atoms with Crippen LogP contribution in [0.3, 0.4) is 0 Å². The zero-order chi connectivity index (χ0) is 20.2. The monoisotopic (exact) mass is 395 g/mol. The van der Waals surface area contributed by atoms with Gasteiger partial charge in [-0.25, -0.2) is 0 Å². The number of rotatable bonds is 5. The van der Waals surface area contributed by atoms with Crippen LogP contribution in [0, 0.1) is 10.1 Å². The molecule has 0 aromatic heterocycles. The van der Waals surface area contributed by atoms with Crippen LogP contribution >= 0.6 is 0 Å². The maximum atomic E-state index is 10.8. The predicted octanol–water partition coefficient (Wildman–Crippen LogP) is 4.45. The minimum absolute atomic E-state index is 0.176. The van der Waals surface area contributed by atoms with Crippen LogP contribution in [0.5, 0.6) is 5.75 Å². The van der Waals surface area contributed by atoms with Crippen molar-refractivity contribution in [3.63, 3.8) is 0 Å². The van der Waals surface area contributed by atoms with E-state index in [4.69, 9.17) is 4.74 Å². The molecule has 0 N–H and O–H groups in total. The number of benzene rings is 2. The van der Waals surface area contributed by atoms with Crippen molar-refractivity contribution in [1.82, 2.24) is 4.90 Å². The van der Waals surface area contributed by atoms with Gasteiger partial charge in [0.25, 0.3) is 5.69 Å². The first kappa shape index (κ1) is 19.7. The van der Waals surface area contributed by atoms with Gasteiger partial charge in [-0.2, -0.15) is 0 Å². The largest absolute Gasteiger partial charge is 0.495 e. The molecule has 0 radical (unpaired) electrons. The first-order chi connectivity index (χ1) is 14.2. The minimum Gasteiger partial charge on any atom is -0.495 e. The van der Waals surface area contributed by atoms with E-state index in [0.717, 1.165) is 44.8 Å². The second-order valence-corrected chi connectivity index (χ2v) is 8.05. The molecule has 2 aliphatic rings. The molecular formula is C23H29N3O3. The maximum Gasteiger partial charge on any atom is 0.269 e. The van der Waals surface area contributed by atoms with E-state index in [1.807, 2.05) is 24.3 Å². The lowest BCUT2D eigenvalue weighted by Gasteiger charge is -2.43. The molecule has 0 spiro atoms. The van der Waals surface area contributed by atoms with Crippen LogP contribution in [0.2, 0.25) is 0 Å². The lowest BCUT2D eigenvalue weighted by Crippen LogP contribution is -2.51. The second kappa shape index (κ2) is 8.82. The zero-order valence-electron chi connectivity index (χ0n) is 17.0. The molecule has 0 bridgehead atoms. The van der Waals surface area contributed by atoms with Crippen LogP contribution in [0.4, 0.5) is 11.4 Å². The molecule has 0 atom stereocenters. The number of piperazine rings is 1. The predicted molar refractivity (Wildman–Crippen MR) is 115 cm³/mol. The average Bonchev–Trinajstić information content (AvgIpc) is 2.79. The van der Waals surface area contributed by atoms with Gasteiger partial charge in [-0.15, -0.1) is 0 Å². The van der Waals surface area contributed by atoms with Gasteiger partial charge in [0, 0.05) is 44.4 Å². The molecule has 29 heavy (non-hydrogen) atoms. The summed E-state index contributed by atoms with van der Waals surface area (Å²) in [4.78, 5) is 15.6. The van der Waals surface area contributed by atoms with E-state index in [1.165, 1.54) is 24.1 Å². The lowest BCUT2D eigenvalue weighted by molar-refractivity contribution is -0.384. The van der Waals surface area contributed by atoms with Crippen molar-refractivity contribution in [3.8, 4) is 5.75 Å². The van der Waals surface area contributed by atoms with Crippen molar-refractivity contribution in [2.24, 2.45) is 0 Å². The van der Waals surface area contributed by atoms with E-state index in [2.05, 4.69) is 21.9 Å². The molecule has 0 unspecified atom stereocenters. The summed E-state index contributed by atoms with van der Waals surface area (Å²) in [5.74, 6) is 1.48. The highest BCUT2D eigenvalue weighted by Crippen LogP contribution is 2.36. The fraction of sp³-hybridized carbons (Fsp3) is 0.478. The van der Waals surface area contributed by atoms with Crippen molar-refractivity contribution < 1.29 is 9.66 Å². The van der Waals surface area contributed by atoms with Gasteiger partial charge in [0.15, 0.2) is 0 Å². The highest BCUT2D eigenvalue weighted by atomic mass is 16.6. The zero-order valence-corrected chi connectivity index (χ0v) is 17.0. The lowest BCUT2D eigenvalue weighted by atomic mass is 9.81. The van der Waals surface area contributed by atoms with E-state index >= 15 is 0 Å². The van der Waals surface area contributed by atoms with Gasteiger partial charge < -0.3 is 9.64 Å². The number of nitro groups is 1. The highest BCUT2D eigenvalue weighted by molar-refractivity contribution is 5.58. The summed E-state index contributed by atoms with van der Waals surface area (Å²) in [5.41, 5.74) is 2.61. The molecule has 1 saturated carbocycles. The van der Waals surface area contributed by atoms with Gasteiger partial charge in [0.05, 0.1) is 17.7 Å². The molecule has 1 aliphatic heterocycles. The molecule has 2 aromatic carbocycles. The fourth-order valence-electron chi connectivity index (χ4n) is 4.86. The van der Waals surface area contributed by atoms with Crippen LogP contribution in [-0.2, 0) is 0 Å². The fourth-order valence-corrected chi connectivity index (χ4v) is 4.86. The number of anilines is 1. The number of hydrogen-bond donors (Lipinski definition) is 0. The van der Waals surface area contributed by atoms with Crippen LogP contribution in [-0.4, -0.2) is 49.2 Å². The summed E-state index contributed by atoms with van der Waals surface area (Å²) in [6, 6.07) is 16.1. The van der Waals surface area contributed by atoms with Crippen molar-refractivity contribution in [2.75, 3.05) is 38.2 Å². The van der Waals surface area contributed by atoms with Gasteiger partial charge >= 0.3 is 0 Å². The number of para-hydroxylation sites is 2. The van der Waals surface area contributed by atoms with Crippen molar-refractivity contribution >= 4 is 11.4 Å². The first-order valence-electron chi connectivity index (χ1n) is 10.5.